The van der Waals surface area contributed by atoms with Crippen molar-refractivity contribution in [1.29, 1.82) is 0 Å². The molecule has 0 radical (unpaired) electrons. The molecule has 0 saturated carbocycles. The molecule has 9 nitrogen and oxygen atoms in total. The number of rotatable bonds is 5. The third-order valence-corrected chi connectivity index (χ3v) is 4.90. The summed E-state index contributed by atoms with van der Waals surface area (Å²) < 4.78 is 11.3. The highest BCUT2D eigenvalue weighted by Gasteiger charge is 2.21. The largest absolute Gasteiger partial charge is 0.466 e. The van der Waals surface area contributed by atoms with Gasteiger partial charge in [0, 0.05) is 44.0 Å². The molecule has 0 amide bonds. The molecule has 9 heteroatoms. The summed E-state index contributed by atoms with van der Waals surface area (Å²) in [6.45, 7) is 7.72. The van der Waals surface area contributed by atoms with Gasteiger partial charge in [-0.25, -0.2) is 0 Å². The summed E-state index contributed by atoms with van der Waals surface area (Å²) in [4.78, 5) is 14.9. The van der Waals surface area contributed by atoms with Crippen molar-refractivity contribution in [2.45, 2.75) is 20.4 Å². The fraction of sp³-hybridized carbons (Fsp3) is 0.368. The monoisotopic (exact) mass is 383 g/mol. The Balaban J connectivity index is 1.34. The fourth-order valence-corrected chi connectivity index (χ4v) is 3.41. The van der Waals surface area contributed by atoms with Gasteiger partial charge in [-0.15, -0.1) is 10.2 Å². The minimum absolute atomic E-state index is 0.109. The van der Waals surface area contributed by atoms with E-state index >= 15 is 0 Å². The van der Waals surface area contributed by atoms with Gasteiger partial charge in [0.1, 0.15) is 11.5 Å². The van der Waals surface area contributed by atoms with Crippen molar-refractivity contribution in [2.75, 3.05) is 31.1 Å². The zero-order valence-electron chi connectivity index (χ0n) is 15.8. The smallest absolute Gasteiger partial charge is 0.269 e. The fourth-order valence-electron chi connectivity index (χ4n) is 3.41. The van der Waals surface area contributed by atoms with Crippen molar-refractivity contribution in [3.05, 3.63) is 57.9 Å². The number of benzene rings is 1. The molecule has 1 fully saturated rings. The van der Waals surface area contributed by atoms with Gasteiger partial charge in [-0.1, -0.05) is 0 Å². The van der Waals surface area contributed by atoms with Crippen molar-refractivity contribution in [3.63, 3.8) is 0 Å². The predicted octanol–water partition coefficient (Wildman–Crippen LogP) is 3.18. The summed E-state index contributed by atoms with van der Waals surface area (Å²) in [6.07, 6.45) is 0. The molecule has 146 valence electrons. The average molecular weight is 383 g/mol. The molecule has 1 aromatic carbocycles. The zero-order valence-corrected chi connectivity index (χ0v) is 15.8. The summed E-state index contributed by atoms with van der Waals surface area (Å²) in [5.74, 6) is 2.64. The number of non-ortho nitro benzene ring substituents is 1. The first-order chi connectivity index (χ1) is 13.5. The van der Waals surface area contributed by atoms with E-state index in [2.05, 4.69) is 20.0 Å². The van der Waals surface area contributed by atoms with Gasteiger partial charge >= 0.3 is 0 Å². The Morgan fingerprint density at radius 1 is 1.07 bits per heavy atom. The maximum Gasteiger partial charge on any atom is 0.269 e. The van der Waals surface area contributed by atoms with E-state index in [-0.39, 0.29) is 10.6 Å². The summed E-state index contributed by atoms with van der Waals surface area (Å²) >= 11 is 0. The van der Waals surface area contributed by atoms with E-state index in [0.29, 0.717) is 18.3 Å². The van der Waals surface area contributed by atoms with Crippen LogP contribution in [-0.2, 0) is 6.54 Å². The minimum Gasteiger partial charge on any atom is -0.466 e. The van der Waals surface area contributed by atoms with Crippen molar-refractivity contribution in [2.24, 2.45) is 0 Å². The van der Waals surface area contributed by atoms with Gasteiger partial charge in [0.2, 0.25) is 5.89 Å². The van der Waals surface area contributed by atoms with Crippen molar-refractivity contribution < 1.29 is 13.8 Å². The third-order valence-electron chi connectivity index (χ3n) is 4.90. The molecule has 1 saturated heterocycles. The van der Waals surface area contributed by atoms with Crippen molar-refractivity contribution in [1.82, 2.24) is 15.1 Å². The van der Waals surface area contributed by atoms with E-state index in [1.807, 2.05) is 19.9 Å². The number of furan rings is 1. The van der Waals surface area contributed by atoms with E-state index in [0.717, 1.165) is 49.0 Å². The number of hydrogen-bond donors (Lipinski definition) is 0. The highest BCUT2D eigenvalue weighted by Crippen LogP contribution is 2.26. The van der Waals surface area contributed by atoms with Gasteiger partial charge in [0.05, 0.1) is 17.0 Å². The maximum absolute atomic E-state index is 10.8. The second-order valence-corrected chi connectivity index (χ2v) is 6.86. The van der Waals surface area contributed by atoms with Crippen LogP contribution in [0.4, 0.5) is 11.4 Å². The summed E-state index contributed by atoms with van der Waals surface area (Å²) in [5, 5.41) is 19.1. The molecule has 3 aromatic rings. The topological polar surface area (TPSA) is 102 Å². The first-order valence-corrected chi connectivity index (χ1v) is 9.11. The summed E-state index contributed by atoms with van der Waals surface area (Å²) in [7, 11) is 0. The van der Waals surface area contributed by atoms with Crippen LogP contribution in [0.1, 0.15) is 17.4 Å². The summed E-state index contributed by atoms with van der Waals surface area (Å²) in [6, 6.07) is 8.58. The number of nitro benzene ring substituents is 1. The van der Waals surface area contributed by atoms with Crippen LogP contribution >= 0.6 is 0 Å². The molecule has 28 heavy (non-hydrogen) atoms. The number of anilines is 1. The first kappa shape index (κ1) is 18.2. The average Bonchev–Trinajstić information content (AvgIpc) is 3.28. The minimum atomic E-state index is -0.382. The first-order valence-electron chi connectivity index (χ1n) is 9.11. The van der Waals surface area contributed by atoms with Crippen molar-refractivity contribution in [3.8, 4) is 11.5 Å². The molecular formula is C19H21N5O4. The van der Waals surface area contributed by atoms with E-state index < -0.39 is 0 Å². The van der Waals surface area contributed by atoms with Crippen LogP contribution in [0.25, 0.3) is 11.5 Å². The zero-order chi connectivity index (χ0) is 19.7. The van der Waals surface area contributed by atoms with Crippen LogP contribution in [-0.4, -0.2) is 46.2 Å². The van der Waals surface area contributed by atoms with Gasteiger partial charge in [-0.3, -0.25) is 15.0 Å². The second-order valence-electron chi connectivity index (χ2n) is 6.86. The molecule has 0 N–H and O–H groups in total. The Bertz CT molecular complexity index is 971. The van der Waals surface area contributed by atoms with Crippen LogP contribution in [0.2, 0.25) is 0 Å². The van der Waals surface area contributed by atoms with Crippen LogP contribution in [0.3, 0.4) is 0 Å². The lowest BCUT2D eigenvalue weighted by Crippen LogP contribution is -2.46. The van der Waals surface area contributed by atoms with Gasteiger partial charge in [0.25, 0.3) is 11.6 Å². The SMILES string of the molecule is Cc1cc(-c2nnc(CN3CCN(c4ccc([N+](=O)[O-])cc4)CC3)o2)c(C)o1. The lowest BCUT2D eigenvalue weighted by molar-refractivity contribution is -0.384. The van der Waals surface area contributed by atoms with Crippen molar-refractivity contribution >= 4 is 11.4 Å². The molecule has 4 rings (SSSR count). The van der Waals surface area contributed by atoms with Crippen LogP contribution in [0.5, 0.6) is 0 Å². The van der Waals surface area contributed by atoms with Gasteiger partial charge in [-0.2, -0.15) is 0 Å². The normalized spacial score (nSPS) is 15.1. The van der Waals surface area contributed by atoms with E-state index in [1.165, 1.54) is 0 Å². The van der Waals surface area contributed by atoms with Crippen LogP contribution in [0.15, 0.2) is 39.2 Å². The highest BCUT2D eigenvalue weighted by molar-refractivity contribution is 5.55. The second kappa shape index (κ2) is 7.43. The standard InChI is InChI=1S/C19H21N5O4/c1-13-11-17(14(2)27-13)19-21-20-18(28-19)12-22-7-9-23(10-8-22)15-3-5-16(6-4-15)24(25)26/h3-6,11H,7-10,12H2,1-2H3. The Labute approximate surface area is 161 Å². The molecule has 0 bridgehead atoms. The molecule has 1 aliphatic heterocycles. The van der Waals surface area contributed by atoms with Gasteiger partial charge in [-0.05, 0) is 32.0 Å². The number of aryl methyl sites for hydroxylation is 2. The Morgan fingerprint density at radius 2 is 1.79 bits per heavy atom. The van der Waals surface area contributed by atoms with E-state index in [9.17, 15) is 10.1 Å². The molecule has 2 aromatic heterocycles. The molecular weight excluding hydrogens is 362 g/mol. The molecule has 1 aliphatic rings. The molecule has 0 spiro atoms. The molecule has 3 heterocycles. The van der Waals surface area contributed by atoms with E-state index in [4.69, 9.17) is 8.83 Å². The van der Waals surface area contributed by atoms with Gasteiger partial charge < -0.3 is 13.7 Å². The highest BCUT2D eigenvalue weighted by atomic mass is 16.6. The number of nitrogens with zero attached hydrogens (tertiary/aromatic N) is 5. The Hall–Kier alpha value is -3.20. The number of nitro groups is 1. The molecule has 0 atom stereocenters. The quantitative estimate of drug-likeness (QED) is 0.489. The summed E-state index contributed by atoms with van der Waals surface area (Å²) in [5.41, 5.74) is 1.94. The number of hydrogen-bond acceptors (Lipinski definition) is 8. The maximum atomic E-state index is 10.8. The molecule has 0 unspecified atom stereocenters. The lowest BCUT2D eigenvalue weighted by atomic mass is 10.2. The van der Waals surface area contributed by atoms with Gasteiger partial charge in [0.15, 0.2) is 0 Å². The Kier molecular flexibility index (Phi) is 4.82. The van der Waals surface area contributed by atoms with Crippen LogP contribution < -0.4 is 4.90 Å². The molecule has 0 aliphatic carbocycles. The number of piperazine rings is 1. The number of aromatic nitrogens is 2. The predicted molar refractivity (Wildman–Crippen MR) is 102 cm³/mol. The van der Waals surface area contributed by atoms with E-state index in [1.54, 1.807) is 24.3 Å². The lowest BCUT2D eigenvalue weighted by Gasteiger charge is -2.35. The van der Waals surface area contributed by atoms with Crippen LogP contribution in [0, 0.1) is 24.0 Å². The third kappa shape index (κ3) is 3.74. The Morgan fingerprint density at radius 3 is 2.39 bits per heavy atom.